The van der Waals surface area contributed by atoms with Crippen LogP contribution in [0.3, 0.4) is 0 Å². The molecule has 1 aromatic carbocycles. The average molecular weight is 459 g/mol. The first kappa shape index (κ1) is 28.1. The van der Waals surface area contributed by atoms with Crippen LogP contribution in [0.4, 0.5) is 0 Å². The van der Waals surface area contributed by atoms with Crippen LogP contribution < -0.4 is 4.74 Å². The molecule has 0 fully saturated rings. The zero-order valence-corrected chi connectivity index (χ0v) is 23.3. The molecule has 1 aliphatic heterocycles. The van der Waals surface area contributed by atoms with Crippen LogP contribution in [-0.4, -0.2) is 10.7 Å². The first-order chi connectivity index (χ1) is 15.6. The minimum absolute atomic E-state index is 0.0740. The van der Waals surface area contributed by atoms with Gasteiger partial charge < -0.3 is 9.84 Å². The van der Waals surface area contributed by atoms with Gasteiger partial charge in [0, 0.05) is 16.7 Å². The van der Waals surface area contributed by atoms with Crippen LogP contribution in [0.15, 0.2) is 0 Å². The Hall–Kier alpha value is -1.18. The van der Waals surface area contributed by atoms with Gasteiger partial charge in [0.25, 0.3) is 0 Å². The van der Waals surface area contributed by atoms with E-state index in [2.05, 4.69) is 55.4 Å². The van der Waals surface area contributed by atoms with Gasteiger partial charge >= 0.3 is 0 Å². The Morgan fingerprint density at radius 3 is 1.94 bits per heavy atom. The zero-order valence-electron chi connectivity index (χ0n) is 23.3. The van der Waals surface area contributed by atoms with Crippen LogP contribution in [0, 0.1) is 24.7 Å². The molecule has 0 aliphatic carbocycles. The molecule has 0 bridgehead atoms. The van der Waals surface area contributed by atoms with E-state index in [1.807, 2.05) is 0 Å². The number of aromatic hydroxyl groups is 1. The molecule has 1 heterocycles. The molecule has 1 aromatic rings. The SMILES string of the molecule is CCc1c(C)c2c(c(CC)c1O)CCC(C)(CCCC(C)CCCC(C)CCCC(C)C)O2. The molecule has 0 saturated heterocycles. The van der Waals surface area contributed by atoms with Gasteiger partial charge in [-0.1, -0.05) is 86.5 Å². The lowest BCUT2D eigenvalue weighted by Crippen LogP contribution is -2.37. The number of benzene rings is 1. The van der Waals surface area contributed by atoms with Gasteiger partial charge in [-0.05, 0) is 75.7 Å². The van der Waals surface area contributed by atoms with Crippen LogP contribution in [0.2, 0.25) is 0 Å². The predicted octanol–water partition coefficient (Wildman–Crippen LogP) is 9.35. The molecular formula is C31H54O2. The van der Waals surface area contributed by atoms with E-state index in [9.17, 15) is 5.11 Å². The van der Waals surface area contributed by atoms with Gasteiger partial charge in [0.1, 0.15) is 17.1 Å². The van der Waals surface area contributed by atoms with E-state index < -0.39 is 0 Å². The number of hydrogen-bond acceptors (Lipinski definition) is 2. The molecule has 3 atom stereocenters. The summed E-state index contributed by atoms with van der Waals surface area (Å²) in [7, 11) is 0. The van der Waals surface area contributed by atoms with Gasteiger partial charge in [-0.25, -0.2) is 0 Å². The molecule has 0 aromatic heterocycles. The average Bonchev–Trinajstić information content (AvgIpc) is 2.74. The number of fused-ring (bicyclic) bond motifs is 1. The summed E-state index contributed by atoms with van der Waals surface area (Å²) < 4.78 is 6.73. The summed E-state index contributed by atoms with van der Waals surface area (Å²) in [5, 5.41) is 10.8. The third-order valence-corrected chi connectivity index (χ3v) is 8.24. The molecule has 0 spiro atoms. The minimum Gasteiger partial charge on any atom is -0.507 e. The van der Waals surface area contributed by atoms with E-state index in [-0.39, 0.29) is 5.60 Å². The van der Waals surface area contributed by atoms with E-state index in [0.717, 1.165) is 72.3 Å². The third kappa shape index (κ3) is 7.93. The van der Waals surface area contributed by atoms with Gasteiger partial charge in [-0.3, -0.25) is 0 Å². The molecule has 2 nitrogen and oxygen atoms in total. The van der Waals surface area contributed by atoms with Crippen molar-refractivity contribution in [1.82, 2.24) is 0 Å². The summed E-state index contributed by atoms with van der Waals surface area (Å²) in [4.78, 5) is 0. The maximum Gasteiger partial charge on any atom is 0.127 e. The molecule has 0 saturated carbocycles. The summed E-state index contributed by atoms with van der Waals surface area (Å²) in [6.45, 7) is 18.3. The van der Waals surface area contributed by atoms with Crippen molar-refractivity contribution in [1.29, 1.82) is 0 Å². The van der Waals surface area contributed by atoms with Crippen molar-refractivity contribution in [2.45, 2.75) is 144 Å². The maximum absolute atomic E-state index is 10.8. The second-order valence-corrected chi connectivity index (χ2v) is 11.9. The molecule has 33 heavy (non-hydrogen) atoms. The highest BCUT2D eigenvalue weighted by molar-refractivity contribution is 5.59. The van der Waals surface area contributed by atoms with Crippen molar-refractivity contribution in [3.63, 3.8) is 0 Å². The molecule has 0 radical (unpaired) electrons. The maximum atomic E-state index is 10.8. The normalized spacial score (nSPS) is 19.9. The van der Waals surface area contributed by atoms with E-state index in [0.29, 0.717) is 5.75 Å². The number of rotatable bonds is 14. The predicted molar refractivity (Wildman–Crippen MR) is 144 cm³/mol. The van der Waals surface area contributed by atoms with Gasteiger partial charge in [-0.2, -0.15) is 0 Å². The fourth-order valence-corrected chi connectivity index (χ4v) is 5.88. The van der Waals surface area contributed by atoms with Gasteiger partial charge in [0.15, 0.2) is 0 Å². The van der Waals surface area contributed by atoms with Crippen molar-refractivity contribution in [3.05, 3.63) is 22.3 Å². The van der Waals surface area contributed by atoms with Crippen LogP contribution in [0.1, 0.15) is 135 Å². The number of ether oxygens (including phenoxy) is 1. The minimum atomic E-state index is -0.0740. The van der Waals surface area contributed by atoms with Crippen LogP contribution in [0.5, 0.6) is 11.5 Å². The summed E-state index contributed by atoms with van der Waals surface area (Å²) in [5.41, 5.74) is 4.53. The Morgan fingerprint density at radius 1 is 0.848 bits per heavy atom. The topological polar surface area (TPSA) is 29.5 Å². The van der Waals surface area contributed by atoms with E-state index in [1.165, 1.54) is 56.9 Å². The number of hydrogen-bond donors (Lipinski definition) is 1. The Balaban J connectivity index is 1.81. The summed E-state index contributed by atoms with van der Waals surface area (Å²) in [6.07, 6.45) is 15.8. The third-order valence-electron chi connectivity index (χ3n) is 8.24. The zero-order chi connectivity index (χ0) is 24.6. The summed E-state index contributed by atoms with van der Waals surface area (Å²) in [5.74, 6) is 4.14. The fraction of sp³-hybridized carbons (Fsp3) is 0.806. The molecule has 190 valence electrons. The summed E-state index contributed by atoms with van der Waals surface area (Å²) >= 11 is 0. The van der Waals surface area contributed by atoms with Crippen molar-refractivity contribution in [2.24, 2.45) is 17.8 Å². The number of phenols is 1. The highest BCUT2D eigenvalue weighted by Gasteiger charge is 2.34. The largest absolute Gasteiger partial charge is 0.507 e. The van der Waals surface area contributed by atoms with Gasteiger partial charge in [0.2, 0.25) is 0 Å². The Bertz CT molecular complexity index is 735. The van der Waals surface area contributed by atoms with Gasteiger partial charge in [-0.15, -0.1) is 0 Å². The van der Waals surface area contributed by atoms with Crippen molar-refractivity contribution in [2.75, 3.05) is 0 Å². The Morgan fingerprint density at radius 2 is 1.39 bits per heavy atom. The first-order valence-corrected chi connectivity index (χ1v) is 14.2. The van der Waals surface area contributed by atoms with E-state index in [1.54, 1.807) is 0 Å². The molecular weight excluding hydrogens is 404 g/mol. The van der Waals surface area contributed by atoms with E-state index in [4.69, 9.17) is 4.74 Å². The molecule has 2 heteroatoms. The first-order valence-electron chi connectivity index (χ1n) is 14.2. The lowest BCUT2D eigenvalue weighted by atomic mass is 9.82. The summed E-state index contributed by atoms with van der Waals surface area (Å²) in [6, 6.07) is 0. The highest BCUT2D eigenvalue weighted by atomic mass is 16.5. The Kier molecular flexibility index (Phi) is 11.1. The second kappa shape index (κ2) is 13.1. The lowest BCUT2D eigenvalue weighted by molar-refractivity contribution is 0.0510. The molecule has 1 N–H and O–H groups in total. The lowest BCUT2D eigenvalue weighted by Gasteiger charge is -2.38. The van der Waals surface area contributed by atoms with Gasteiger partial charge in [0.05, 0.1) is 0 Å². The van der Waals surface area contributed by atoms with Crippen LogP contribution >= 0.6 is 0 Å². The molecule has 2 rings (SSSR count). The Labute approximate surface area is 205 Å². The fourth-order valence-electron chi connectivity index (χ4n) is 5.88. The quantitative estimate of drug-likeness (QED) is 0.301. The van der Waals surface area contributed by atoms with Crippen LogP contribution in [0.25, 0.3) is 0 Å². The standard InChI is InChI=1S/C31H54O2/c1-9-26-25(7)30-28(27(10-2)29(26)32)19-21-31(8,33-30)20-13-18-24(6)17-12-16-23(5)15-11-14-22(3)4/h22-24,32H,9-21H2,1-8H3. The molecule has 1 aliphatic rings. The smallest absolute Gasteiger partial charge is 0.127 e. The highest BCUT2D eigenvalue weighted by Crippen LogP contribution is 2.45. The van der Waals surface area contributed by atoms with Crippen LogP contribution in [-0.2, 0) is 19.3 Å². The van der Waals surface area contributed by atoms with Crippen molar-refractivity contribution >= 4 is 0 Å². The molecule has 0 amide bonds. The van der Waals surface area contributed by atoms with E-state index >= 15 is 0 Å². The van der Waals surface area contributed by atoms with Crippen molar-refractivity contribution in [3.8, 4) is 11.5 Å². The number of phenolic OH excluding ortho intramolecular Hbond substituents is 1. The monoisotopic (exact) mass is 458 g/mol. The molecule has 3 unspecified atom stereocenters. The second-order valence-electron chi connectivity index (χ2n) is 11.9. The van der Waals surface area contributed by atoms with Crippen molar-refractivity contribution < 1.29 is 9.84 Å².